The molecule has 164 valence electrons. The zero-order chi connectivity index (χ0) is 22.3. The fourth-order valence-electron chi connectivity index (χ4n) is 3.96. The molecule has 1 saturated heterocycles. The van der Waals surface area contributed by atoms with Crippen LogP contribution in [0.4, 0.5) is 0 Å². The normalized spacial score (nSPS) is 18.5. The van der Waals surface area contributed by atoms with Crippen molar-refractivity contribution in [3.63, 3.8) is 0 Å². The second-order valence-corrected chi connectivity index (χ2v) is 10.5. The number of benzene rings is 2. The van der Waals surface area contributed by atoms with E-state index in [0.717, 1.165) is 16.5 Å². The topological polar surface area (TPSA) is 100 Å². The Bertz CT molecular complexity index is 1310. The summed E-state index contributed by atoms with van der Waals surface area (Å²) in [6.07, 6.45) is 2.24. The summed E-state index contributed by atoms with van der Waals surface area (Å²) in [5.74, 6) is 0.883. The number of carbonyl (C=O) groups is 1. The number of halogens is 1. The van der Waals surface area contributed by atoms with Gasteiger partial charge in [0.25, 0.3) is 5.91 Å². The first-order valence-corrected chi connectivity index (χ1v) is 12.4. The van der Waals surface area contributed by atoms with Gasteiger partial charge in [0.15, 0.2) is 5.82 Å². The molecule has 3 heterocycles. The van der Waals surface area contributed by atoms with E-state index in [0.29, 0.717) is 34.3 Å². The molecule has 1 atom stereocenters. The van der Waals surface area contributed by atoms with Gasteiger partial charge in [-0.25, -0.2) is 9.67 Å². The summed E-state index contributed by atoms with van der Waals surface area (Å²) in [6, 6.07) is 18.2. The number of aromatic nitrogens is 3. The van der Waals surface area contributed by atoms with Crippen LogP contribution in [0.3, 0.4) is 0 Å². The molecule has 1 aliphatic heterocycles. The van der Waals surface area contributed by atoms with Crippen LogP contribution in [0.2, 0.25) is 5.02 Å². The van der Waals surface area contributed by atoms with E-state index in [1.54, 1.807) is 23.0 Å². The summed E-state index contributed by atoms with van der Waals surface area (Å²) in [5, 5.41) is 9.13. The lowest BCUT2D eigenvalue weighted by atomic mass is 10.1. The third-order valence-electron chi connectivity index (χ3n) is 5.54. The van der Waals surface area contributed by atoms with E-state index < -0.39 is 10.6 Å². The first-order valence-electron chi connectivity index (χ1n) is 10.1. The number of nitrogens with zero attached hydrogens (tertiary/aromatic N) is 3. The van der Waals surface area contributed by atoms with Crippen molar-refractivity contribution in [3.8, 4) is 17.1 Å². The SMILES string of the molecule is O=C(NC1CCS(O)(O)C1)c1ccc2c(-c3ccccc3Cl)nn(-c3ccccn3)c2c1. The fraction of sp³-hybridized carbons (Fsp3) is 0.174. The molecule has 1 fully saturated rings. The van der Waals surface area contributed by atoms with Gasteiger partial charge in [0.1, 0.15) is 5.69 Å². The molecular weight excluding hydrogens is 448 g/mol. The number of hydrogen-bond donors (Lipinski definition) is 3. The van der Waals surface area contributed by atoms with Gasteiger partial charge in [-0.15, -0.1) is 0 Å². The van der Waals surface area contributed by atoms with Crippen LogP contribution in [0.1, 0.15) is 16.8 Å². The van der Waals surface area contributed by atoms with E-state index in [9.17, 15) is 13.9 Å². The average molecular weight is 469 g/mol. The minimum atomic E-state index is -2.58. The summed E-state index contributed by atoms with van der Waals surface area (Å²) in [7, 11) is -2.58. The monoisotopic (exact) mass is 468 g/mol. The molecule has 0 aliphatic carbocycles. The smallest absolute Gasteiger partial charge is 0.251 e. The van der Waals surface area contributed by atoms with Crippen LogP contribution in [-0.2, 0) is 0 Å². The molecule has 0 bridgehead atoms. The van der Waals surface area contributed by atoms with E-state index in [4.69, 9.17) is 16.7 Å². The Labute approximate surface area is 191 Å². The lowest BCUT2D eigenvalue weighted by Gasteiger charge is -2.26. The molecule has 1 aliphatic rings. The van der Waals surface area contributed by atoms with Crippen LogP contribution < -0.4 is 5.32 Å². The third-order valence-corrected chi connectivity index (χ3v) is 7.69. The van der Waals surface area contributed by atoms with E-state index in [-0.39, 0.29) is 17.7 Å². The Morgan fingerprint density at radius 2 is 1.94 bits per heavy atom. The van der Waals surface area contributed by atoms with Crippen molar-refractivity contribution in [3.05, 3.63) is 77.4 Å². The van der Waals surface area contributed by atoms with Crippen molar-refractivity contribution < 1.29 is 13.9 Å². The predicted octanol–water partition coefficient (Wildman–Crippen LogP) is 4.99. The number of hydrogen-bond acceptors (Lipinski definition) is 5. The molecule has 0 saturated carbocycles. The largest absolute Gasteiger partial charge is 0.348 e. The fourth-order valence-corrected chi connectivity index (χ4v) is 5.91. The molecule has 0 spiro atoms. The van der Waals surface area contributed by atoms with Crippen LogP contribution in [0.15, 0.2) is 66.9 Å². The average Bonchev–Trinajstić information content (AvgIpc) is 3.33. The summed E-state index contributed by atoms with van der Waals surface area (Å²) in [6.45, 7) is 0. The van der Waals surface area contributed by atoms with Crippen LogP contribution in [0, 0.1) is 0 Å². The van der Waals surface area contributed by atoms with Gasteiger partial charge >= 0.3 is 0 Å². The lowest BCUT2D eigenvalue weighted by molar-refractivity contribution is 0.0941. The Morgan fingerprint density at radius 3 is 2.66 bits per heavy atom. The lowest BCUT2D eigenvalue weighted by Crippen LogP contribution is -2.35. The maximum Gasteiger partial charge on any atom is 0.251 e. The van der Waals surface area contributed by atoms with Gasteiger partial charge in [-0.1, -0.05) is 35.9 Å². The van der Waals surface area contributed by atoms with E-state index in [2.05, 4.69) is 10.3 Å². The van der Waals surface area contributed by atoms with Gasteiger partial charge in [-0.3, -0.25) is 13.9 Å². The van der Waals surface area contributed by atoms with Crippen LogP contribution in [0.25, 0.3) is 28.0 Å². The van der Waals surface area contributed by atoms with Crippen molar-refractivity contribution >= 4 is 39.0 Å². The minimum absolute atomic E-state index is 0.198. The first-order chi connectivity index (χ1) is 15.4. The first kappa shape index (κ1) is 21.0. The van der Waals surface area contributed by atoms with Crippen molar-refractivity contribution in [2.75, 3.05) is 11.5 Å². The highest BCUT2D eigenvalue weighted by atomic mass is 35.5. The van der Waals surface area contributed by atoms with Gasteiger partial charge in [-0.2, -0.15) is 15.7 Å². The Kier molecular flexibility index (Phi) is 5.38. The number of fused-ring (bicyclic) bond motifs is 1. The molecule has 1 amide bonds. The van der Waals surface area contributed by atoms with Gasteiger partial charge in [-0.05, 0) is 42.8 Å². The summed E-state index contributed by atoms with van der Waals surface area (Å²) in [5.41, 5.74) is 2.68. The molecule has 2 aromatic heterocycles. The van der Waals surface area contributed by atoms with E-state index in [1.165, 1.54) is 0 Å². The van der Waals surface area contributed by atoms with E-state index >= 15 is 0 Å². The van der Waals surface area contributed by atoms with Crippen molar-refractivity contribution in [1.29, 1.82) is 0 Å². The molecule has 1 unspecified atom stereocenters. The predicted molar refractivity (Wildman–Crippen MR) is 128 cm³/mol. The molecule has 3 N–H and O–H groups in total. The molecule has 5 rings (SSSR count). The number of nitrogens with one attached hydrogen (secondary N) is 1. The Balaban J connectivity index is 1.58. The van der Waals surface area contributed by atoms with Crippen LogP contribution in [-0.4, -0.2) is 47.3 Å². The summed E-state index contributed by atoms with van der Waals surface area (Å²) >= 11 is 6.45. The van der Waals surface area contributed by atoms with Gasteiger partial charge < -0.3 is 5.32 Å². The third kappa shape index (κ3) is 3.98. The molecule has 7 nitrogen and oxygen atoms in total. The zero-order valence-electron chi connectivity index (χ0n) is 17.0. The summed E-state index contributed by atoms with van der Waals surface area (Å²) < 4.78 is 21.4. The zero-order valence-corrected chi connectivity index (χ0v) is 18.6. The minimum Gasteiger partial charge on any atom is -0.348 e. The van der Waals surface area contributed by atoms with Crippen molar-refractivity contribution in [1.82, 2.24) is 20.1 Å². The quantitative estimate of drug-likeness (QED) is 0.391. The molecule has 32 heavy (non-hydrogen) atoms. The molecular formula is C23H21ClN4O3S. The maximum absolute atomic E-state index is 12.9. The second-order valence-electron chi connectivity index (χ2n) is 7.79. The van der Waals surface area contributed by atoms with Crippen LogP contribution in [0.5, 0.6) is 0 Å². The van der Waals surface area contributed by atoms with Gasteiger partial charge in [0, 0.05) is 34.5 Å². The van der Waals surface area contributed by atoms with Crippen molar-refractivity contribution in [2.45, 2.75) is 12.5 Å². The number of rotatable bonds is 4. The molecule has 4 aromatic rings. The molecule has 9 heteroatoms. The van der Waals surface area contributed by atoms with Crippen molar-refractivity contribution in [2.24, 2.45) is 0 Å². The summed E-state index contributed by atoms with van der Waals surface area (Å²) in [4.78, 5) is 17.3. The molecule has 2 aromatic carbocycles. The number of amides is 1. The van der Waals surface area contributed by atoms with Crippen LogP contribution >= 0.6 is 22.2 Å². The highest BCUT2D eigenvalue weighted by Gasteiger charge is 2.29. The maximum atomic E-state index is 12.9. The van der Waals surface area contributed by atoms with Gasteiger partial charge in [0.05, 0.1) is 16.3 Å². The highest BCUT2D eigenvalue weighted by Crippen LogP contribution is 2.45. The van der Waals surface area contributed by atoms with E-state index in [1.807, 2.05) is 48.5 Å². The standard InChI is InChI=1S/C23H21ClN4O3S/c24-19-6-2-1-5-17(19)22-18-9-8-15(23(29)26-16-10-12-32(30,31)14-16)13-20(18)28(27-22)21-7-3-4-11-25-21/h1-9,11,13,16,30-31H,10,12,14H2,(H,26,29). The molecule has 0 radical (unpaired) electrons. The highest BCUT2D eigenvalue weighted by molar-refractivity contribution is 8.24. The number of carbonyl (C=O) groups excluding carboxylic acids is 1. The second kappa shape index (κ2) is 8.22. The number of pyridine rings is 1. The Morgan fingerprint density at radius 1 is 1.12 bits per heavy atom. The Hall–Kier alpha value is -2.91. The van der Waals surface area contributed by atoms with Gasteiger partial charge in [0.2, 0.25) is 0 Å².